The molecule has 0 aromatic carbocycles. The van der Waals surface area contributed by atoms with E-state index >= 15 is 0 Å². The molecule has 1 unspecified atom stereocenters. The molecule has 2 aromatic rings. The van der Waals surface area contributed by atoms with E-state index in [1.54, 1.807) is 18.4 Å². The highest BCUT2D eigenvalue weighted by molar-refractivity contribution is 5.83. The van der Waals surface area contributed by atoms with Crippen molar-refractivity contribution in [2.24, 2.45) is 5.41 Å². The first kappa shape index (κ1) is 24.8. The van der Waals surface area contributed by atoms with E-state index in [1.165, 1.54) is 33.6 Å². The molecule has 1 N–H and O–H groups in total. The minimum absolute atomic E-state index is 0.0911. The minimum Gasteiger partial charge on any atom is -0.469 e. The number of hydrogen-bond donors (Lipinski definition) is 1. The van der Waals surface area contributed by atoms with E-state index in [0.29, 0.717) is 30.2 Å². The zero-order valence-electron chi connectivity index (χ0n) is 20.2. The number of aromatic nitrogens is 4. The van der Waals surface area contributed by atoms with Crippen molar-refractivity contribution >= 4 is 34.9 Å². The van der Waals surface area contributed by atoms with Crippen LogP contribution < -0.4 is 5.32 Å². The Balaban J connectivity index is 1.75. The normalized spacial score (nSPS) is 26.5. The highest BCUT2D eigenvalue weighted by Crippen LogP contribution is 2.43. The third kappa shape index (κ3) is 4.78. The number of esters is 3. The fourth-order valence-electron chi connectivity index (χ4n) is 4.45. The number of carbonyl (C=O) groups is 3. The van der Waals surface area contributed by atoms with E-state index in [4.69, 9.17) is 23.7 Å². The smallest absolute Gasteiger partial charge is 0.314 e. The van der Waals surface area contributed by atoms with Gasteiger partial charge in [0.05, 0.1) is 31.5 Å². The maximum Gasteiger partial charge on any atom is 0.314 e. The molecule has 0 amide bonds. The Morgan fingerprint density at radius 3 is 2.46 bits per heavy atom. The monoisotopic (exact) mass is 491 g/mol. The number of methoxy groups -OCH3 is 1. The zero-order valence-corrected chi connectivity index (χ0v) is 20.2. The van der Waals surface area contributed by atoms with Gasteiger partial charge >= 0.3 is 17.9 Å². The van der Waals surface area contributed by atoms with Gasteiger partial charge in [-0.1, -0.05) is 0 Å². The van der Waals surface area contributed by atoms with Crippen LogP contribution in [0.3, 0.4) is 0 Å². The van der Waals surface area contributed by atoms with Crippen molar-refractivity contribution in [3.8, 4) is 0 Å². The molecule has 2 aliphatic heterocycles. The van der Waals surface area contributed by atoms with Gasteiger partial charge in [-0.05, 0) is 20.3 Å². The van der Waals surface area contributed by atoms with Crippen LogP contribution in [0.5, 0.6) is 0 Å². The maximum absolute atomic E-state index is 12.6. The topological polar surface area (TPSA) is 153 Å². The van der Waals surface area contributed by atoms with E-state index in [1.807, 2.05) is 0 Å². The van der Waals surface area contributed by atoms with Gasteiger partial charge in [-0.25, -0.2) is 15.0 Å². The summed E-state index contributed by atoms with van der Waals surface area (Å²) in [5.74, 6) is -1.29. The average Bonchev–Trinajstić information content (AvgIpc) is 3.53. The summed E-state index contributed by atoms with van der Waals surface area (Å²) in [7, 11) is 1.26. The van der Waals surface area contributed by atoms with Crippen molar-refractivity contribution < 1.29 is 38.1 Å². The quantitative estimate of drug-likeness (QED) is 0.434. The van der Waals surface area contributed by atoms with Crippen LogP contribution in [0.2, 0.25) is 0 Å². The molecule has 13 nitrogen and oxygen atoms in total. The van der Waals surface area contributed by atoms with E-state index in [2.05, 4.69) is 20.3 Å². The van der Waals surface area contributed by atoms with Gasteiger partial charge in [0.25, 0.3) is 0 Å². The Morgan fingerprint density at radius 2 is 1.83 bits per heavy atom. The number of nitrogens with one attached hydrogen (secondary N) is 1. The van der Waals surface area contributed by atoms with E-state index in [0.717, 1.165) is 6.42 Å². The van der Waals surface area contributed by atoms with Gasteiger partial charge in [-0.2, -0.15) is 0 Å². The molecule has 2 aromatic heterocycles. The van der Waals surface area contributed by atoms with E-state index < -0.39 is 47.9 Å². The summed E-state index contributed by atoms with van der Waals surface area (Å²) in [6, 6.07) is 0.0911. The van der Waals surface area contributed by atoms with Crippen LogP contribution in [-0.2, 0) is 38.1 Å². The Labute approximate surface area is 201 Å². The second kappa shape index (κ2) is 9.74. The van der Waals surface area contributed by atoms with Crippen molar-refractivity contribution in [1.29, 1.82) is 0 Å². The Kier molecular flexibility index (Phi) is 6.90. The Bertz CT molecular complexity index is 1110. The van der Waals surface area contributed by atoms with Crippen LogP contribution in [0.25, 0.3) is 11.2 Å². The van der Waals surface area contributed by atoms with Gasteiger partial charge in [0, 0.05) is 20.5 Å². The number of rotatable bonds is 7. The molecule has 2 aliphatic rings. The molecule has 2 saturated heterocycles. The highest BCUT2D eigenvalue weighted by Gasteiger charge is 2.58. The second-order valence-electron chi connectivity index (χ2n) is 9.06. The summed E-state index contributed by atoms with van der Waals surface area (Å²) in [6.45, 7) is 6.89. The lowest BCUT2D eigenvalue weighted by molar-refractivity contribution is -0.173. The second-order valence-corrected chi connectivity index (χ2v) is 9.06. The predicted molar refractivity (Wildman–Crippen MR) is 119 cm³/mol. The van der Waals surface area contributed by atoms with Crippen molar-refractivity contribution in [2.75, 3.05) is 25.6 Å². The molecule has 35 heavy (non-hydrogen) atoms. The van der Waals surface area contributed by atoms with Crippen molar-refractivity contribution in [3.63, 3.8) is 0 Å². The van der Waals surface area contributed by atoms with Gasteiger partial charge in [0.2, 0.25) is 0 Å². The van der Waals surface area contributed by atoms with Crippen LogP contribution in [0.4, 0.5) is 5.82 Å². The number of anilines is 1. The lowest BCUT2D eigenvalue weighted by Gasteiger charge is -2.31. The number of carbonyl (C=O) groups excluding carboxylic acids is 3. The van der Waals surface area contributed by atoms with E-state index in [9.17, 15) is 14.4 Å². The van der Waals surface area contributed by atoms with Crippen molar-refractivity contribution in [3.05, 3.63) is 12.7 Å². The zero-order chi connectivity index (χ0) is 25.3. The largest absolute Gasteiger partial charge is 0.469 e. The highest BCUT2D eigenvalue weighted by atomic mass is 16.6. The van der Waals surface area contributed by atoms with Crippen LogP contribution in [0.15, 0.2) is 12.7 Å². The summed E-state index contributed by atoms with van der Waals surface area (Å²) in [6.07, 6.45) is -0.482. The molecule has 0 bridgehead atoms. The number of ether oxygens (including phenoxy) is 5. The first-order valence-corrected chi connectivity index (χ1v) is 11.2. The molecular formula is C22H29N5O8. The van der Waals surface area contributed by atoms with Crippen LogP contribution >= 0.6 is 0 Å². The van der Waals surface area contributed by atoms with Crippen molar-refractivity contribution in [1.82, 2.24) is 19.5 Å². The van der Waals surface area contributed by atoms with Gasteiger partial charge in [-0.15, -0.1) is 0 Å². The summed E-state index contributed by atoms with van der Waals surface area (Å²) in [5, 5.41) is 3.31. The minimum atomic E-state index is -1.25. The third-order valence-corrected chi connectivity index (χ3v) is 6.12. The number of imidazole rings is 1. The molecule has 2 fully saturated rings. The van der Waals surface area contributed by atoms with Gasteiger partial charge < -0.3 is 29.0 Å². The Hall–Kier alpha value is -3.32. The molecule has 0 radical (unpaired) electrons. The van der Waals surface area contributed by atoms with Gasteiger partial charge in [0.15, 0.2) is 35.4 Å². The molecular weight excluding hydrogens is 462 g/mol. The number of nitrogens with zero attached hydrogens (tertiary/aromatic N) is 4. The first-order valence-electron chi connectivity index (χ1n) is 11.2. The molecule has 0 aliphatic carbocycles. The number of fused-ring (bicyclic) bond motifs is 1. The molecule has 5 atom stereocenters. The van der Waals surface area contributed by atoms with Crippen molar-refractivity contribution in [2.45, 2.75) is 64.7 Å². The lowest BCUT2D eigenvalue weighted by Crippen LogP contribution is -2.48. The molecule has 4 heterocycles. The first-order chi connectivity index (χ1) is 16.6. The SMILES string of the molecule is COC(=O)C(C)(C)[C@H]1OC(n2cnc3c(N[C@@H]4CCOC4)ncnc32)[C@H](OC(C)=O)[C@@H]1OC(C)=O. The summed E-state index contributed by atoms with van der Waals surface area (Å²) < 4.78 is 29.3. The third-order valence-electron chi connectivity index (χ3n) is 6.12. The van der Waals surface area contributed by atoms with Gasteiger partial charge in [0.1, 0.15) is 12.4 Å². The molecule has 13 heteroatoms. The lowest BCUT2D eigenvalue weighted by atomic mass is 9.83. The summed E-state index contributed by atoms with van der Waals surface area (Å²) >= 11 is 0. The fourth-order valence-corrected chi connectivity index (χ4v) is 4.45. The van der Waals surface area contributed by atoms with Crippen LogP contribution in [0, 0.1) is 5.41 Å². The Morgan fingerprint density at radius 1 is 1.11 bits per heavy atom. The maximum atomic E-state index is 12.6. The summed E-state index contributed by atoms with van der Waals surface area (Å²) in [5.41, 5.74) is -0.367. The predicted octanol–water partition coefficient (Wildman–Crippen LogP) is 0.987. The molecule has 4 rings (SSSR count). The standard InChI is InChI=1S/C22H29N5O8/c1-11(28)33-15-16(34-12(2)29)20(35-17(15)22(3,4)21(30)31-5)27-10-25-14-18(23-9-24-19(14)27)26-13-6-7-32-8-13/h9-10,13,15-17,20H,6-8H2,1-5H3,(H,23,24,26)/t13-,15+,16-,17+,20?/m1/s1. The average molecular weight is 492 g/mol. The molecule has 0 saturated carbocycles. The molecule has 0 spiro atoms. The fraction of sp³-hybridized carbons (Fsp3) is 0.636. The van der Waals surface area contributed by atoms with E-state index in [-0.39, 0.29) is 6.04 Å². The number of hydrogen-bond acceptors (Lipinski definition) is 12. The van der Waals surface area contributed by atoms with Crippen LogP contribution in [-0.4, -0.2) is 82.1 Å². The molecule has 190 valence electrons. The summed E-state index contributed by atoms with van der Waals surface area (Å²) in [4.78, 5) is 49.7. The van der Waals surface area contributed by atoms with Crippen LogP contribution in [0.1, 0.15) is 40.3 Å². The van der Waals surface area contributed by atoms with Gasteiger partial charge in [-0.3, -0.25) is 19.0 Å².